The lowest BCUT2D eigenvalue weighted by atomic mass is 9.91. The number of hydrogen-bond donors (Lipinski definition) is 1. The number of amides is 1. The van der Waals surface area contributed by atoms with Gasteiger partial charge in [0.15, 0.2) is 0 Å². The Morgan fingerprint density at radius 3 is 2.00 bits per heavy atom. The topological polar surface area (TPSA) is 81.7 Å². The van der Waals surface area contributed by atoms with Crippen molar-refractivity contribution in [2.45, 2.75) is 58.1 Å². The number of rotatable bonds is 7. The summed E-state index contributed by atoms with van der Waals surface area (Å²) in [5.74, 6) is -0.814. The lowest BCUT2D eigenvalue weighted by Crippen LogP contribution is -2.41. The molecule has 7 heteroatoms. The number of Topliss-reactive ketones (excluding diaryl/α,β-unsaturated/α-hetero) is 1. The van der Waals surface area contributed by atoms with Crippen LogP contribution >= 0.6 is 11.8 Å². The molecule has 0 aromatic heterocycles. The van der Waals surface area contributed by atoms with Crippen LogP contribution in [0.2, 0.25) is 0 Å². The summed E-state index contributed by atoms with van der Waals surface area (Å²) >= 11 is 1.03. The Morgan fingerprint density at radius 2 is 1.53 bits per heavy atom. The number of hydrogen-bond acceptors (Lipinski definition) is 6. The highest BCUT2D eigenvalue weighted by Gasteiger charge is 2.36. The van der Waals surface area contributed by atoms with E-state index in [1.807, 2.05) is 32.0 Å². The van der Waals surface area contributed by atoms with Gasteiger partial charge in [-0.2, -0.15) is 0 Å². The highest BCUT2D eigenvalue weighted by Crippen LogP contribution is 2.34. The van der Waals surface area contributed by atoms with Crippen LogP contribution in [0.4, 0.5) is 4.79 Å². The predicted octanol–water partition coefficient (Wildman–Crippen LogP) is 5.40. The third-order valence-corrected chi connectivity index (χ3v) is 6.09. The van der Waals surface area contributed by atoms with E-state index in [0.29, 0.717) is 11.3 Å². The van der Waals surface area contributed by atoms with Gasteiger partial charge in [-0.15, -0.1) is 0 Å². The summed E-state index contributed by atoms with van der Waals surface area (Å²) in [6.07, 6.45) is -0.700. The van der Waals surface area contributed by atoms with Gasteiger partial charge in [-0.1, -0.05) is 42.1 Å². The first-order valence-electron chi connectivity index (χ1n) is 10.3. The van der Waals surface area contributed by atoms with E-state index in [2.05, 4.69) is 5.32 Å². The Balaban J connectivity index is 2.44. The van der Waals surface area contributed by atoms with Gasteiger partial charge in [-0.25, -0.2) is 4.79 Å². The molecule has 1 amide bonds. The average molecular weight is 458 g/mol. The fourth-order valence-corrected chi connectivity index (χ4v) is 4.35. The van der Waals surface area contributed by atoms with Crippen LogP contribution in [-0.2, 0) is 14.3 Å². The van der Waals surface area contributed by atoms with Crippen molar-refractivity contribution in [1.29, 1.82) is 0 Å². The molecule has 2 aromatic carbocycles. The van der Waals surface area contributed by atoms with Gasteiger partial charge >= 0.3 is 6.09 Å². The normalized spacial score (nSPS) is 13.1. The first-order chi connectivity index (χ1) is 14.9. The molecule has 0 spiro atoms. The number of aryl methyl sites for hydroxylation is 2. The summed E-state index contributed by atoms with van der Waals surface area (Å²) in [5.41, 5.74) is 1.78. The van der Waals surface area contributed by atoms with Gasteiger partial charge < -0.3 is 14.8 Å². The number of ether oxygens (including phenoxy) is 2. The number of alkyl carbamates (subject to hydrolysis) is 1. The molecule has 6 nitrogen and oxygen atoms in total. The third-order valence-electron chi connectivity index (χ3n) is 4.78. The van der Waals surface area contributed by atoms with Crippen LogP contribution in [0.5, 0.6) is 5.75 Å². The van der Waals surface area contributed by atoms with E-state index in [9.17, 15) is 14.4 Å². The molecule has 1 unspecified atom stereocenters. The van der Waals surface area contributed by atoms with E-state index in [1.165, 1.54) is 6.92 Å². The van der Waals surface area contributed by atoms with Crippen LogP contribution < -0.4 is 10.1 Å². The molecule has 0 aliphatic carbocycles. The van der Waals surface area contributed by atoms with Crippen LogP contribution in [0.25, 0.3) is 0 Å². The van der Waals surface area contributed by atoms with Crippen LogP contribution in [0.3, 0.4) is 0 Å². The zero-order valence-corrected chi connectivity index (χ0v) is 20.5. The summed E-state index contributed by atoms with van der Waals surface area (Å²) in [4.78, 5) is 39.5. The maximum atomic E-state index is 13.4. The molecule has 32 heavy (non-hydrogen) atoms. The first kappa shape index (κ1) is 25.5. The smallest absolute Gasteiger partial charge is 0.408 e. The Hall–Kier alpha value is -2.80. The number of carbonyl (C=O) groups excluding carboxylic acids is 3. The maximum absolute atomic E-state index is 13.4. The molecule has 1 N–H and O–H groups in total. The van der Waals surface area contributed by atoms with Gasteiger partial charge in [0.25, 0.3) is 0 Å². The number of thioether (sulfide) groups is 1. The van der Waals surface area contributed by atoms with E-state index in [0.717, 1.165) is 27.8 Å². The average Bonchev–Trinajstić information content (AvgIpc) is 2.69. The molecule has 0 heterocycles. The van der Waals surface area contributed by atoms with Crippen molar-refractivity contribution in [1.82, 2.24) is 5.32 Å². The SMILES string of the molecule is COc1ccc([C@H](NC(=O)OC(C)(C)C)C(C(C)=O)C(=O)Sc2c(C)cccc2C)cc1. The van der Waals surface area contributed by atoms with Crippen molar-refractivity contribution in [3.63, 3.8) is 0 Å². The van der Waals surface area contributed by atoms with Crippen molar-refractivity contribution in [3.8, 4) is 5.75 Å². The molecular formula is C25H31NO5S. The number of nitrogens with one attached hydrogen (secondary N) is 1. The zero-order chi connectivity index (χ0) is 24.1. The second-order valence-corrected chi connectivity index (χ2v) is 9.64. The van der Waals surface area contributed by atoms with Crippen LogP contribution in [0.1, 0.15) is 50.4 Å². The number of benzene rings is 2. The van der Waals surface area contributed by atoms with Gasteiger partial charge in [0.1, 0.15) is 23.1 Å². The van der Waals surface area contributed by atoms with E-state index < -0.39 is 23.7 Å². The molecule has 2 aromatic rings. The van der Waals surface area contributed by atoms with Gasteiger partial charge in [0, 0.05) is 4.90 Å². The van der Waals surface area contributed by atoms with Crippen molar-refractivity contribution in [2.75, 3.05) is 7.11 Å². The number of methoxy groups -OCH3 is 1. The van der Waals surface area contributed by atoms with Gasteiger partial charge in [0.2, 0.25) is 5.12 Å². The zero-order valence-electron chi connectivity index (χ0n) is 19.6. The van der Waals surface area contributed by atoms with Crippen molar-refractivity contribution >= 4 is 28.8 Å². The first-order valence-corrected chi connectivity index (χ1v) is 11.2. The molecule has 0 saturated heterocycles. The number of carbonyl (C=O) groups is 3. The molecule has 172 valence electrons. The highest BCUT2D eigenvalue weighted by atomic mass is 32.2. The monoisotopic (exact) mass is 457 g/mol. The van der Waals surface area contributed by atoms with Crippen molar-refractivity contribution in [3.05, 3.63) is 59.2 Å². The molecule has 0 saturated carbocycles. The predicted molar refractivity (Wildman–Crippen MR) is 126 cm³/mol. The molecule has 0 aliphatic heterocycles. The minimum Gasteiger partial charge on any atom is -0.497 e. The van der Waals surface area contributed by atoms with Crippen molar-refractivity contribution in [2.24, 2.45) is 5.92 Å². The van der Waals surface area contributed by atoms with Crippen molar-refractivity contribution < 1.29 is 23.9 Å². The van der Waals surface area contributed by atoms with Gasteiger partial charge in [-0.05, 0) is 70.4 Å². The van der Waals surface area contributed by atoms with E-state index in [4.69, 9.17) is 9.47 Å². The highest BCUT2D eigenvalue weighted by molar-refractivity contribution is 8.13. The largest absolute Gasteiger partial charge is 0.497 e. The molecular weight excluding hydrogens is 426 g/mol. The standard InChI is InChI=1S/C25H31NO5S/c1-15-9-8-10-16(2)22(15)32-23(28)20(17(3)27)21(26-24(29)31-25(4,5)6)18-11-13-19(30-7)14-12-18/h8-14,20-21H,1-7H3,(H,26,29)/t20?,21-/m0/s1. The Labute approximate surface area is 194 Å². The molecule has 0 bridgehead atoms. The lowest BCUT2D eigenvalue weighted by molar-refractivity contribution is -0.128. The Bertz CT molecular complexity index is 959. The van der Waals surface area contributed by atoms with E-state index >= 15 is 0 Å². The minimum atomic E-state index is -1.10. The fourth-order valence-electron chi connectivity index (χ4n) is 3.27. The van der Waals surface area contributed by atoms with E-state index in [1.54, 1.807) is 52.1 Å². The van der Waals surface area contributed by atoms with Gasteiger partial charge in [-0.3, -0.25) is 9.59 Å². The van der Waals surface area contributed by atoms with Crippen LogP contribution in [0, 0.1) is 19.8 Å². The molecule has 0 fully saturated rings. The molecule has 0 radical (unpaired) electrons. The fraction of sp³-hybridized carbons (Fsp3) is 0.400. The Kier molecular flexibility index (Phi) is 8.50. The Morgan fingerprint density at radius 1 is 0.969 bits per heavy atom. The maximum Gasteiger partial charge on any atom is 0.408 e. The van der Waals surface area contributed by atoms with E-state index in [-0.39, 0.29) is 10.9 Å². The van der Waals surface area contributed by atoms with Gasteiger partial charge in [0.05, 0.1) is 13.2 Å². The quantitative estimate of drug-likeness (QED) is 0.443. The summed E-state index contributed by atoms with van der Waals surface area (Å²) in [7, 11) is 1.55. The summed E-state index contributed by atoms with van der Waals surface area (Å²) in [6.45, 7) is 10.5. The third kappa shape index (κ3) is 6.85. The lowest BCUT2D eigenvalue weighted by Gasteiger charge is -2.28. The molecule has 0 aliphatic rings. The summed E-state index contributed by atoms with van der Waals surface area (Å²) in [6, 6.07) is 11.8. The molecule has 2 rings (SSSR count). The minimum absolute atomic E-state index is 0.341. The molecule has 2 atom stereocenters. The number of ketones is 1. The summed E-state index contributed by atoms with van der Waals surface area (Å²) in [5, 5.41) is 2.41. The second kappa shape index (κ2) is 10.7. The van der Waals surface area contributed by atoms with Crippen LogP contribution in [-0.4, -0.2) is 29.7 Å². The second-order valence-electron chi connectivity index (χ2n) is 8.63. The summed E-state index contributed by atoms with van der Waals surface area (Å²) < 4.78 is 10.6. The van der Waals surface area contributed by atoms with Crippen LogP contribution in [0.15, 0.2) is 47.4 Å².